The lowest BCUT2D eigenvalue weighted by molar-refractivity contribution is -0.122. The number of piperidine rings is 1. The van der Waals surface area contributed by atoms with Crippen LogP contribution >= 0.6 is 0 Å². The number of hydrogen-bond donors (Lipinski definition) is 1. The van der Waals surface area contributed by atoms with E-state index in [4.69, 9.17) is 4.74 Å². The van der Waals surface area contributed by atoms with Gasteiger partial charge >= 0.3 is 0 Å². The van der Waals surface area contributed by atoms with Gasteiger partial charge in [0.25, 0.3) is 0 Å². The molecule has 0 saturated carbocycles. The summed E-state index contributed by atoms with van der Waals surface area (Å²) in [6.45, 7) is 8.52. The van der Waals surface area contributed by atoms with Crippen LogP contribution in [0.2, 0.25) is 0 Å². The molecule has 2 saturated heterocycles. The van der Waals surface area contributed by atoms with Gasteiger partial charge in [-0.15, -0.1) is 0 Å². The molecule has 1 aromatic carbocycles. The van der Waals surface area contributed by atoms with E-state index in [9.17, 15) is 4.79 Å². The zero-order chi connectivity index (χ0) is 18.0. The molecular weight excluding hydrogens is 326 g/mol. The van der Waals surface area contributed by atoms with Gasteiger partial charge in [0.15, 0.2) is 0 Å². The molecule has 0 spiro atoms. The number of hydrogen-bond acceptors (Lipinski definition) is 4. The van der Waals surface area contributed by atoms with Crippen molar-refractivity contribution in [1.29, 1.82) is 0 Å². The van der Waals surface area contributed by atoms with Crippen molar-refractivity contribution >= 4 is 5.91 Å². The Hall–Kier alpha value is -1.43. The third-order valence-electron chi connectivity index (χ3n) is 5.50. The Balaban J connectivity index is 1.25. The van der Waals surface area contributed by atoms with Gasteiger partial charge in [-0.25, -0.2) is 0 Å². The maximum atomic E-state index is 12.1. The van der Waals surface area contributed by atoms with Crippen LogP contribution in [0, 0.1) is 5.92 Å². The van der Waals surface area contributed by atoms with Gasteiger partial charge in [-0.05, 0) is 50.3 Å². The number of ether oxygens (including phenoxy) is 1. The number of nitrogens with one attached hydrogen (secondary N) is 1. The summed E-state index contributed by atoms with van der Waals surface area (Å²) in [6, 6.07) is 10.5. The number of benzene rings is 1. The van der Waals surface area contributed by atoms with Gasteiger partial charge in [-0.1, -0.05) is 30.3 Å². The SMILES string of the molecule is O=C(CN1CCC(CN2CCOCC2)CC1)NCCCc1ccccc1. The quantitative estimate of drug-likeness (QED) is 0.719. The van der Waals surface area contributed by atoms with Crippen LogP contribution in [0.15, 0.2) is 30.3 Å². The smallest absolute Gasteiger partial charge is 0.234 e. The zero-order valence-corrected chi connectivity index (χ0v) is 15.9. The molecule has 0 aliphatic carbocycles. The first kappa shape index (κ1) is 19.3. The van der Waals surface area contributed by atoms with Gasteiger partial charge in [0.05, 0.1) is 19.8 Å². The molecule has 5 nitrogen and oxygen atoms in total. The second-order valence-electron chi connectivity index (χ2n) is 7.57. The first-order chi connectivity index (χ1) is 12.8. The first-order valence-corrected chi connectivity index (χ1v) is 10.1. The molecule has 2 fully saturated rings. The Labute approximate surface area is 157 Å². The summed E-state index contributed by atoms with van der Waals surface area (Å²) < 4.78 is 5.42. The Morgan fingerprint density at radius 2 is 1.77 bits per heavy atom. The lowest BCUT2D eigenvalue weighted by atomic mass is 9.96. The molecule has 144 valence electrons. The third kappa shape index (κ3) is 6.71. The minimum Gasteiger partial charge on any atom is -0.379 e. The monoisotopic (exact) mass is 359 g/mol. The number of likely N-dealkylation sites (tertiary alicyclic amines) is 1. The van der Waals surface area contributed by atoms with E-state index in [1.807, 2.05) is 6.07 Å². The van der Waals surface area contributed by atoms with Crippen LogP contribution in [0.25, 0.3) is 0 Å². The summed E-state index contributed by atoms with van der Waals surface area (Å²) in [5, 5.41) is 3.07. The lowest BCUT2D eigenvalue weighted by Gasteiger charge is -2.35. The van der Waals surface area contributed by atoms with Crippen LogP contribution in [0.1, 0.15) is 24.8 Å². The molecule has 3 rings (SSSR count). The first-order valence-electron chi connectivity index (χ1n) is 10.1. The van der Waals surface area contributed by atoms with E-state index in [0.29, 0.717) is 6.54 Å². The molecule has 0 aromatic heterocycles. The van der Waals surface area contributed by atoms with Crippen LogP contribution in [0.4, 0.5) is 0 Å². The van der Waals surface area contributed by atoms with Gasteiger partial charge in [-0.3, -0.25) is 14.6 Å². The van der Waals surface area contributed by atoms with Crippen molar-refractivity contribution in [3.63, 3.8) is 0 Å². The number of carbonyl (C=O) groups excluding carboxylic acids is 1. The molecule has 0 radical (unpaired) electrons. The normalized spacial score (nSPS) is 20.2. The molecule has 0 atom stereocenters. The van der Waals surface area contributed by atoms with Crippen molar-refractivity contribution in [3.05, 3.63) is 35.9 Å². The van der Waals surface area contributed by atoms with E-state index in [1.54, 1.807) is 0 Å². The van der Waals surface area contributed by atoms with Crippen molar-refractivity contribution in [2.45, 2.75) is 25.7 Å². The molecule has 5 heteroatoms. The molecule has 26 heavy (non-hydrogen) atoms. The largest absolute Gasteiger partial charge is 0.379 e. The van der Waals surface area contributed by atoms with Gasteiger partial charge < -0.3 is 10.1 Å². The highest BCUT2D eigenvalue weighted by molar-refractivity contribution is 5.77. The average Bonchev–Trinajstić information content (AvgIpc) is 2.68. The maximum absolute atomic E-state index is 12.1. The molecule has 0 unspecified atom stereocenters. The second-order valence-corrected chi connectivity index (χ2v) is 7.57. The molecule has 2 heterocycles. The fourth-order valence-corrected chi connectivity index (χ4v) is 3.90. The number of carbonyl (C=O) groups is 1. The Morgan fingerprint density at radius 1 is 1.04 bits per heavy atom. The maximum Gasteiger partial charge on any atom is 0.234 e. The number of amides is 1. The van der Waals surface area contributed by atoms with E-state index >= 15 is 0 Å². The van der Waals surface area contributed by atoms with Crippen molar-refractivity contribution in [2.75, 3.05) is 59.0 Å². The second kappa shape index (κ2) is 10.7. The van der Waals surface area contributed by atoms with Crippen LogP contribution in [0.3, 0.4) is 0 Å². The molecule has 2 aliphatic heterocycles. The third-order valence-corrected chi connectivity index (χ3v) is 5.50. The number of nitrogens with zero attached hydrogens (tertiary/aromatic N) is 2. The minimum absolute atomic E-state index is 0.171. The Kier molecular flexibility index (Phi) is 7.92. The summed E-state index contributed by atoms with van der Waals surface area (Å²) in [5.74, 6) is 0.947. The van der Waals surface area contributed by atoms with Crippen molar-refractivity contribution in [2.24, 2.45) is 5.92 Å². The summed E-state index contributed by atoms with van der Waals surface area (Å²) in [4.78, 5) is 17.0. The van der Waals surface area contributed by atoms with E-state index in [1.165, 1.54) is 24.9 Å². The molecule has 2 aliphatic rings. The summed E-state index contributed by atoms with van der Waals surface area (Å²) >= 11 is 0. The Bertz CT molecular complexity index is 523. The fourth-order valence-electron chi connectivity index (χ4n) is 3.90. The van der Waals surface area contributed by atoms with Crippen LogP contribution in [-0.2, 0) is 16.0 Å². The van der Waals surface area contributed by atoms with E-state index in [0.717, 1.165) is 64.7 Å². The van der Waals surface area contributed by atoms with E-state index in [-0.39, 0.29) is 5.91 Å². The van der Waals surface area contributed by atoms with Gasteiger partial charge in [0.2, 0.25) is 5.91 Å². The predicted octanol–water partition coefficient (Wildman–Crippen LogP) is 1.78. The number of aryl methyl sites for hydroxylation is 1. The predicted molar refractivity (Wildman–Crippen MR) is 104 cm³/mol. The fraction of sp³-hybridized carbons (Fsp3) is 0.667. The zero-order valence-electron chi connectivity index (χ0n) is 15.9. The topological polar surface area (TPSA) is 44.8 Å². The Morgan fingerprint density at radius 3 is 2.50 bits per heavy atom. The highest BCUT2D eigenvalue weighted by Crippen LogP contribution is 2.18. The average molecular weight is 360 g/mol. The highest BCUT2D eigenvalue weighted by atomic mass is 16.5. The van der Waals surface area contributed by atoms with Gasteiger partial charge in [-0.2, -0.15) is 0 Å². The summed E-state index contributed by atoms with van der Waals surface area (Å²) in [7, 11) is 0. The number of morpholine rings is 1. The lowest BCUT2D eigenvalue weighted by Crippen LogP contribution is -2.45. The molecule has 1 aromatic rings. The van der Waals surface area contributed by atoms with Crippen molar-refractivity contribution < 1.29 is 9.53 Å². The van der Waals surface area contributed by atoms with Crippen LogP contribution in [0.5, 0.6) is 0 Å². The van der Waals surface area contributed by atoms with Gasteiger partial charge in [0, 0.05) is 26.2 Å². The molecule has 1 N–H and O–H groups in total. The molecular formula is C21H33N3O2. The van der Waals surface area contributed by atoms with Crippen LogP contribution < -0.4 is 5.32 Å². The van der Waals surface area contributed by atoms with Gasteiger partial charge in [0.1, 0.15) is 0 Å². The van der Waals surface area contributed by atoms with E-state index < -0.39 is 0 Å². The standard InChI is InChI=1S/C21H33N3O2/c25-21(22-10-4-7-19-5-2-1-3-6-19)18-23-11-8-20(9-12-23)17-24-13-15-26-16-14-24/h1-3,5-6,20H,4,7-18H2,(H,22,25). The molecule has 0 bridgehead atoms. The summed E-state index contributed by atoms with van der Waals surface area (Å²) in [6.07, 6.45) is 4.43. The highest BCUT2D eigenvalue weighted by Gasteiger charge is 2.23. The van der Waals surface area contributed by atoms with E-state index in [2.05, 4.69) is 39.4 Å². The number of rotatable bonds is 8. The van der Waals surface area contributed by atoms with Crippen molar-refractivity contribution in [3.8, 4) is 0 Å². The molecule has 1 amide bonds. The van der Waals surface area contributed by atoms with Crippen molar-refractivity contribution in [1.82, 2.24) is 15.1 Å². The minimum atomic E-state index is 0.171. The summed E-state index contributed by atoms with van der Waals surface area (Å²) in [5.41, 5.74) is 1.34. The van der Waals surface area contributed by atoms with Crippen LogP contribution in [-0.4, -0.2) is 74.7 Å².